The maximum atomic E-state index is 12.2. The van der Waals surface area contributed by atoms with Crippen LogP contribution in [0.1, 0.15) is 12.8 Å². The third kappa shape index (κ3) is 7.49. The molecule has 1 amide bonds. The van der Waals surface area contributed by atoms with Gasteiger partial charge in [0.25, 0.3) is 5.97 Å². The SMILES string of the molecule is CN(C)N(C(=O)CCC(=O)O[Si](C)(C)C)[Si](C)(C)C. The number of hydrazine groups is 1. The van der Waals surface area contributed by atoms with Crippen molar-refractivity contribution in [2.75, 3.05) is 14.1 Å². The van der Waals surface area contributed by atoms with E-state index in [1.807, 2.05) is 38.7 Å². The summed E-state index contributed by atoms with van der Waals surface area (Å²) < 4.78 is 7.14. The molecule has 0 aromatic heterocycles. The molecule has 0 aromatic carbocycles. The van der Waals surface area contributed by atoms with Gasteiger partial charge in [-0.3, -0.25) is 9.59 Å². The molecule has 0 saturated carbocycles. The maximum Gasteiger partial charge on any atom is 0.292 e. The molecule has 7 heteroatoms. The van der Waals surface area contributed by atoms with Gasteiger partial charge in [-0.1, -0.05) is 19.6 Å². The highest BCUT2D eigenvalue weighted by atomic mass is 28.4. The molecule has 0 aliphatic carbocycles. The highest BCUT2D eigenvalue weighted by Crippen LogP contribution is 2.14. The Kier molecular flexibility index (Phi) is 6.43. The van der Waals surface area contributed by atoms with Gasteiger partial charge in [-0.15, -0.1) is 0 Å². The molecule has 0 aliphatic heterocycles. The van der Waals surface area contributed by atoms with Gasteiger partial charge in [-0.2, -0.15) is 0 Å². The van der Waals surface area contributed by atoms with Gasteiger partial charge in [0.2, 0.25) is 14.2 Å². The quantitative estimate of drug-likeness (QED) is 0.558. The summed E-state index contributed by atoms with van der Waals surface area (Å²) in [5.74, 6) is -0.265. The Morgan fingerprint density at radius 2 is 1.42 bits per heavy atom. The molecule has 0 atom stereocenters. The van der Waals surface area contributed by atoms with E-state index in [-0.39, 0.29) is 24.7 Å². The third-order valence-electron chi connectivity index (χ3n) is 2.23. The lowest BCUT2D eigenvalue weighted by Crippen LogP contribution is -2.56. The predicted molar refractivity (Wildman–Crippen MR) is 82.6 cm³/mol. The first kappa shape index (κ1) is 18.3. The number of hydrogen-bond donors (Lipinski definition) is 0. The summed E-state index contributed by atoms with van der Waals surface area (Å²) in [6.07, 6.45) is 0.379. The summed E-state index contributed by atoms with van der Waals surface area (Å²) >= 11 is 0. The van der Waals surface area contributed by atoms with Crippen LogP contribution in [0.25, 0.3) is 0 Å². The van der Waals surface area contributed by atoms with Gasteiger partial charge in [-0.05, 0) is 19.6 Å². The zero-order valence-electron chi connectivity index (χ0n) is 13.5. The van der Waals surface area contributed by atoms with Crippen molar-refractivity contribution in [1.29, 1.82) is 0 Å². The van der Waals surface area contributed by atoms with Crippen molar-refractivity contribution in [1.82, 2.24) is 9.68 Å². The number of carbonyl (C=O) groups is 2. The second-order valence-electron chi connectivity index (χ2n) is 6.81. The lowest BCUT2D eigenvalue weighted by molar-refractivity contribution is -0.141. The number of amides is 1. The largest absolute Gasteiger partial charge is 0.520 e. The molecule has 0 aromatic rings. The van der Waals surface area contributed by atoms with Crippen LogP contribution in [-0.2, 0) is 14.0 Å². The first-order chi connectivity index (χ1) is 8.34. The minimum Gasteiger partial charge on any atom is -0.520 e. The smallest absolute Gasteiger partial charge is 0.292 e. The summed E-state index contributed by atoms with van der Waals surface area (Å²) in [7, 11) is 0.0959. The van der Waals surface area contributed by atoms with E-state index < -0.39 is 16.6 Å². The second-order valence-corrected chi connectivity index (χ2v) is 16.0. The van der Waals surface area contributed by atoms with Crippen LogP contribution in [0.4, 0.5) is 0 Å². The van der Waals surface area contributed by atoms with E-state index in [1.54, 1.807) is 4.67 Å². The predicted octanol–water partition coefficient (Wildman–Crippen LogP) is 2.28. The van der Waals surface area contributed by atoms with Crippen LogP contribution in [0, 0.1) is 0 Å². The van der Waals surface area contributed by atoms with E-state index in [2.05, 4.69) is 19.6 Å². The fourth-order valence-electron chi connectivity index (χ4n) is 1.90. The molecule has 5 nitrogen and oxygen atoms in total. The lowest BCUT2D eigenvalue weighted by Gasteiger charge is -2.39. The van der Waals surface area contributed by atoms with Crippen LogP contribution < -0.4 is 0 Å². The fourth-order valence-corrected chi connectivity index (χ4v) is 4.75. The van der Waals surface area contributed by atoms with Gasteiger partial charge in [0.1, 0.15) is 0 Å². The molecule has 0 saturated heterocycles. The van der Waals surface area contributed by atoms with Crippen LogP contribution in [0.15, 0.2) is 0 Å². The van der Waals surface area contributed by atoms with Crippen LogP contribution >= 0.6 is 0 Å². The van der Waals surface area contributed by atoms with Crippen molar-refractivity contribution in [2.24, 2.45) is 0 Å². The molecule has 0 bridgehead atoms. The first-order valence-corrected chi connectivity index (χ1v) is 13.4. The van der Waals surface area contributed by atoms with Crippen LogP contribution in [0.2, 0.25) is 39.3 Å². The molecule has 0 rings (SSSR count). The van der Waals surface area contributed by atoms with E-state index >= 15 is 0 Å². The van der Waals surface area contributed by atoms with E-state index in [0.29, 0.717) is 0 Å². The number of rotatable bonds is 6. The van der Waals surface area contributed by atoms with Crippen LogP contribution in [-0.4, -0.2) is 52.2 Å². The van der Waals surface area contributed by atoms with Crippen molar-refractivity contribution in [3.05, 3.63) is 0 Å². The normalized spacial score (nSPS) is 12.5. The highest BCUT2D eigenvalue weighted by molar-refractivity contribution is 6.75. The summed E-state index contributed by atoms with van der Waals surface area (Å²) in [6, 6.07) is 0. The third-order valence-corrected chi connectivity index (χ3v) is 4.99. The van der Waals surface area contributed by atoms with Crippen molar-refractivity contribution in [3.8, 4) is 0 Å². The van der Waals surface area contributed by atoms with Gasteiger partial charge in [-0.25, -0.2) is 5.01 Å². The molecule has 0 unspecified atom stereocenters. The minimum absolute atomic E-state index is 0.00306. The molecule has 0 heterocycles. The molecular formula is C12H28N2O3Si2. The van der Waals surface area contributed by atoms with E-state index in [4.69, 9.17) is 4.43 Å². The summed E-state index contributed by atoms with van der Waals surface area (Å²) in [6.45, 7) is 12.2. The Morgan fingerprint density at radius 3 is 1.74 bits per heavy atom. The van der Waals surface area contributed by atoms with Crippen LogP contribution in [0.5, 0.6) is 0 Å². The van der Waals surface area contributed by atoms with Gasteiger partial charge < -0.3 is 9.10 Å². The topological polar surface area (TPSA) is 49.9 Å². The molecule has 19 heavy (non-hydrogen) atoms. The monoisotopic (exact) mass is 304 g/mol. The summed E-state index contributed by atoms with van der Waals surface area (Å²) in [5, 5.41) is 1.82. The Hall–Kier alpha value is -0.666. The second kappa shape index (κ2) is 6.67. The average molecular weight is 305 g/mol. The molecule has 0 spiro atoms. The zero-order valence-corrected chi connectivity index (χ0v) is 15.5. The van der Waals surface area contributed by atoms with Gasteiger partial charge >= 0.3 is 0 Å². The van der Waals surface area contributed by atoms with Crippen molar-refractivity contribution < 1.29 is 14.0 Å². The molecule has 0 radical (unpaired) electrons. The average Bonchev–Trinajstić information content (AvgIpc) is 2.08. The summed E-state index contributed by atoms with van der Waals surface area (Å²) in [5.41, 5.74) is 0. The minimum atomic E-state index is -1.85. The molecule has 0 N–H and O–H groups in total. The van der Waals surface area contributed by atoms with Crippen molar-refractivity contribution >= 4 is 28.4 Å². The number of hydrogen-bond acceptors (Lipinski definition) is 4. The Labute approximate surface area is 119 Å². The first-order valence-electron chi connectivity index (χ1n) is 6.57. The van der Waals surface area contributed by atoms with E-state index in [9.17, 15) is 9.59 Å². The fraction of sp³-hybridized carbons (Fsp3) is 0.833. The zero-order chi connectivity index (χ0) is 15.4. The molecule has 0 aliphatic rings. The van der Waals surface area contributed by atoms with Gasteiger partial charge in [0.05, 0.1) is 6.42 Å². The molecule has 112 valence electrons. The van der Waals surface area contributed by atoms with Gasteiger partial charge in [0, 0.05) is 20.5 Å². The van der Waals surface area contributed by atoms with E-state index in [0.717, 1.165) is 0 Å². The molecular weight excluding hydrogens is 276 g/mol. The Bertz CT molecular complexity index is 333. The van der Waals surface area contributed by atoms with Crippen molar-refractivity contribution in [3.63, 3.8) is 0 Å². The maximum absolute atomic E-state index is 12.2. The highest BCUT2D eigenvalue weighted by Gasteiger charge is 2.31. The lowest BCUT2D eigenvalue weighted by atomic mass is 10.3. The van der Waals surface area contributed by atoms with Crippen LogP contribution in [0.3, 0.4) is 0 Å². The Morgan fingerprint density at radius 1 is 0.947 bits per heavy atom. The van der Waals surface area contributed by atoms with Crippen molar-refractivity contribution in [2.45, 2.75) is 52.1 Å². The Balaban J connectivity index is 4.49. The summed E-state index contributed by atoms with van der Waals surface area (Å²) in [4.78, 5) is 23.9. The number of nitrogens with zero attached hydrogens (tertiary/aromatic N) is 2. The van der Waals surface area contributed by atoms with Gasteiger partial charge in [0.15, 0.2) is 8.24 Å². The molecule has 0 fully saturated rings. The van der Waals surface area contributed by atoms with E-state index in [1.165, 1.54) is 0 Å². The standard InChI is InChI=1S/C12H28N2O3Si2/c1-13(2)14(18(3,4)5)11(15)9-10-12(16)17-19(6,7)8/h9-10H2,1-8H3. The number of carbonyl (C=O) groups excluding carboxylic acids is 2.